The molecule has 0 aliphatic heterocycles. The molecule has 0 radical (unpaired) electrons. The van der Waals surface area contributed by atoms with Gasteiger partial charge in [-0.3, -0.25) is 9.51 Å². The zero-order valence-electron chi connectivity index (χ0n) is 7.88. The minimum absolute atomic E-state index is 0.238. The van der Waals surface area contributed by atoms with E-state index in [2.05, 4.69) is 14.7 Å². The van der Waals surface area contributed by atoms with Gasteiger partial charge in [0, 0.05) is 6.07 Å². The lowest BCUT2D eigenvalue weighted by molar-refractivity contribution is -0.137. The van der Waals surface area contributed by atoms with Gasteiger partial charge in [0.2, 0.25) is 11.8 Å². The number of H-pyrrole nitrogens is 1. The number of hydrogen-bond donors (Lipinski definition) is 1. The Morgan fingerprint density at radius 2 is 2.00 bits per heavy atom. The van der Waals surface area contributed by atoms with Crippen LogP contribution in [0.3, 0.4) is 0 Å². The Labute approximate surface area is 90.1 Å². The minimum Gasteiger partial charge on any atom is -0.296 e. The number of alkyl halides is 3. The summed E-state index contributed by atoms with van der Waals surface area (Å²) in [5.41, 5.74) is -1.70. The molecule has 0 saturated heterocycles. The van der Waals surface area contributed by atoms with E-state index in [1.54, 1.807) is 0 Å². The van der Waals surface area contributed by atoms with Crippen LogP contribution in [0.15, 0.2) is 21.5 Å². The van der Waals surface area contributed by atoms with Gasteiger partial charge in [0.25, 0.3) is 0 Å². The third kappa shape index (κ3) is 2.32. The maximum absolute atomic E-state index is 12.9. The summed E-state index contributed by atoms with van der Waals surface area (Å²) >= 11 is 0. The summed E-state index contributed by atoms with van der Waals surface area (Å²) in [6.07, 6.45) is -4.72. The quantitative estimate of drug-likeness (QED) is 0.615. The van der Waals surface area contributed by atoms with Gasteiger partial charge in [0.1, 0.15) is 5.69 Å². The molecule has 0 atom stereocenters. The van der Waals surface area contributed by atoms with E-state index in [1.807, 2.05) is 4.98 Å². The molecule has 0 bridgehead atoms. The predicted octanol–water partition coefficient (Wildman–Crippen LogP) is 1.58. The molecule has 90 valence electrons. The first-order chi connectivity index (χ1) is 7.86. The molecule has 2 aromatic heterocycles. The number of aromatic nitrogens is 3. The molecule has 17 heavy (non-hydrogen) atoms. The summed E-state index contributed by atoms with van der Waals surface area (Å²) in [6, 6.07) is 0.790. The fourth-order valence-corrected chi connectivity index (χ4v) is 1.12. The summed E-state index contributed by atoms with van der Waals surface area (Å²) in [4.78, 5) is 15.7. The van der Waals surface area contributed by atoms with E-state index >= 15 is 0 Å². The van der Waals surface area contributed by atoms with Crippen molar-refractivity contribution >= 4 is 0 Å². The van der Waals surface area contributed by atoms with Gasteiger partial charge < -0.3 is 0 Å². The van der Waals surface area contributed by atoms with Crippen LogP contribution in [0, 0.1) is 5.95 Å². The fraction of sp³-hybridized carbons (Fsp3) is 0.125. The van der Waals surface area contributed by atoms with Crippen LogP contribution in [0.2, 0.25) is 0 Å². The van der Waals surface area contributed by atoms with Crippen LogP contribution >= 0.6 is 0 Å². The summed E-state index contributed by atoms with van der Waals surface area (Å²) in [5.74, 6) is -2.68. The number of hydrogen-bond acceptors (Lipinski definition) is 4. The maximum atomic E-state index is 12.9. The van der Waals surface area contributed by atoms with E-state index < -0.39 is 29.1 Å². The Hall–Kier alpha value is -2.19. The van der Waals surface area contributed by atoms with Crippen molar-refractivity contribution in [2.75, 3.05) is 0 Å². The van der Waals surface area contributed by atoms with Crippen molar-refractivity contribution in [1.29, 1.82) is 0 Å². The van der Waals surface area contributed by atoms with Gasteiger partial charge in [0.05, 0.1) is 5.56 Å². The zero-order valence-corrected chi connectivity index (χ0v) is 7.88. The third-order valence-corrected chi connectivity index (χ3v) is 1.80. The standard InChI is InChI=1S/C8H3F4N3O2/c9-5-2-3(8(10,11)12)1-4(13-5)6-14-7(16)17-15-6/h1-2H,(H,14,15,16). The number of aromatic amines is 1. The van der Waals surface area contributed by atoms with Gasteiger partial charge in [-0.25, -0.2) is 9.78 Å². The number of nitrogens with zero attached hydrogens (tertiary/aromatic N) is 2. The van der Waals surface area contributed by atoms with Gasteiger partial charge in [-0.05, 0) is 6.07 Å². The molecule has 0 aromatic carbocycles. The topological polar surface area (TPSA) is 71.8 Å². The highest BCUT2D eigenvalue weighted by Crippen LogP contribution is 2.31. The first-order valence-corrected chi connectivity index (χ1v) is 4.17. The number of nitrogens with one attached hydrogen (secondary N) is 1. The van der Waals surface area contributed by atoms with Crippen molar-refractivity contribution in [3.05, 3.63) is 34.2 Å². The second kappa shape index (κ2) is 3.68. The highest BCUT2D eigenvalue weighted by molar-refractivity contribution is 5.49. The Bertz CT molecular complexity index is 601. The Morgan fingerprint density at radius 3 is 2.53 bits per heavy atom. The summed E-state index contributed by atoms with van der Waals surface area (Å²) < 4.78 is 54.0. The Kier molecular flexibility index (Phi) is 2.45. The summed E-state index contributed by atoms with van der Waals surface area (Å²) in [5, 5.41) is 3.11. The molecule has 2 aromatic rings. The monoisotopic (exact) mass is 249 g/mol. The molecule has 0 spiro atoms. The molecule has 5 nitrogen and oxygen atoms in total. The molecule has 9 heteroatoms. The lowest BCUT2D eigenvalue weighted by Gasteiger charge is -2.06. The van der Waals surface area contributed by atoms with Crippen LogP contribution in [0.4, 0.5) is 17.6 Å². The number of rotatable bonds is 1. The van der Waals surface area contributed by atoms with Crippen molar-refractivity contribution < 1.29 is 22.1 Å². The van der Waals surface area contributed by atoms with Crippen molar-refractivity contribution in [3.63, 3.8) is 0 Å². The normalized spacial score (nSPS) is 11.8. The first-order valence-electron chi connectivity index (χ1n) is 4.17. The van der Waals surface area contributed by atoms with Gasteiger partial charge >= 0.3 is 11.9 Å². The second-order valence-electron chi connectivity index (χ2n) is 3.01. The van der Waals surface area contributed by atoms with E-state index in [9.17, 15) is 22.4 Å². The van der Waals surface area contributed by atoms with E-state index in [0.717, 1.165) is 0 Å². The van der Waals surface area contributed by atoms with Gasteiger partial charge in [-0.2, -0.15) is 17.6 Å². The molecule has 0 saturated carbocycles. The average molecular weight is 249 g/mol. The lowest BCUT2D eigenvalue weighted by Crippen LogP contribution is -2.07. The zero-order chi connectivity index (χ0) is 12.6. The highest BCUT2D eigenvalue weighted by atomic mass is 19.4. The lowest BCUT2D eigenvalue weighted by atomic mass is 10.2. The molecule has 0 amide bonds. The van der Waals surface area contributed by atoms with E-state index in [-0.39, 0.29) is 11.9 Å². The van der Waals surface area contributed by atoms with Crippen LogP contribution < -0.4 is 5.76 Å². The first kappa shape index (κ1) is 11.3. The summed E-state index contributed by atoms with van der Waals surface area (Å²) in [7, 11) is 0. The van der Waals surface area contributed by atoms with E-state index in [0.29, 0.717) is 6.07 Å². The molecule has 0 aliphatic rings. The largest absolute Gasteiger partial charge is 0.439 e. The van der Waals surface area contributed by atoms with Gasteiger partial charge in [0.15, 0.2) is 0 Å². The fourth-order valence-electron chi connectivity index (χ4n) is 1.12. The molecule has 1 N–H and O–H groups in total. The van der Waals surface area contributed by atoms with Gasteiger partial charge in [-0.15, -0.1) is 0 Å². The SMILES string of the molecule is O=c1[nH]c(-c2cc(C(F)(F)F)cc(F)n2)no1. The highest BCUT2D eigenvalue weighted by Gasteiger charge is 2.32. The molecule has 2 rings (SSSR count). The molecule has 0 aliphatic carbocycles. The van der Waals surface area contributed by atoms with Crippen LogP contribution in [0.5, 0.6) is 0 Å². The number of pyridine rings is 1. The van der Waals surface area contributed by atoms with E-state index in [4.69, 9.17) is 0 Å². The third-order valence-electron chi connectivity index (χ3n) is 1.80. The van der Waals surface area contributed by atoms with E-state index in [1.165, 1.54) is 0 Å². The second-order valence-corrected chi connectivity index (χ2v) is 3.01. The van der Waals surface area contributed by atoms with Crippen molar-refractivity contribution in [1.82, 2.24) is 15.1 Å². The smallest absolute Gasteiger partial charge is 0.296 e. The van der Waals surface area contributed by atoms with Crippen molar-refractivity contribution in [2.45, 2.75) is 6.18 Å². The van der Waals surface area contributed by atoms with Crippen molar-refractivity contribution in [2.24, 2.45) is 0 Å². The molecule has 2 heterocycles. The maximum Gasteiger partial charge on any atom is 0.439 e. The molecular formula is C8H3F4N3O2. The predicted molar refractivity (Wildman–Crippen MR) is 45.3 cm³/mol. The van der Waals surface area contributed by atoms with Crippen LogP contribution in [0.25, 0.3) is 11.5 Å². The van der Waals surface area contributed by atoms with Crippen molar-refractivity contribution in [3.8, 4) is 11.5 Å². The molecule has 0 unspecified atom stereocenters. The van der Waals surface area contributed by atoms with Crippen LogP contribution in [-0.2, 0) is 6.18 Å². The average Bonchev–Trinajstić information content (AvgIpc) is 2.62. The molecule has 0 fully saturated rings. The summed E-state index contributed by atoms with van der Waals surface area (Å²) in [6.45, 7) is 0. The Morgan fingerprint density at radius 1 is 1.29 bits per heavy atom. The van der Waals surface area contributed by atoms with Crippen LogP contribution in [0.1, 0.15) is 5.56 Å². The number of halogens is 4. The minimum atomic E-state index is -4.72. The van der Waals surface area contributed by atoms with Gasteiger partial charge in [-0.1, -0.05) is 5.16 Å². The molecular weight excluding hydrogens is 246 g/mol. The Balaban J connectivity index is 2.56. The van der Waals surface area contributed by atoms with Crippen LogP contribution in [-0.4, -0.2) is 15.1 Å².